The number of ketones is 1. The summed E-state index contributed by atoms with van der Waals surface area (Å²) in [5, 5.41) is 3.77. The van der Waals surface area contributed by atoms with Crippen LogP contribution in [0, 0.1) is 5.92 Å². The van der Waals surface area contributed by atoms with Gasteiger partial charge in [0.1, 0.15) is 5.75 Å². The number of hydrogen-bond acceptors (Lipinski definition) is 7. The Bertz CT molecular complexity index is 1310. The van der Waals surface area contributed by atoms with Crippen molar-refractivity contribution in [2.24, 2.45) is 5.92 Å². The van der Waals surface area contributed by atoms with Crippen molar-refractivity contribution in [2.75, 3.05) is 20.5 Å². The second-order valence-corrected chi connectivity index (χ2v) is 10.4. The molecule has 2 aromatic rings. The Morgan fingerprint density at radius 2 is 1.84 bits per heavy atom. The van der Waals surface area contributed by atoms with Crippen molar-refractivity contribution in [1.29, 1.82) is 0 Å². The molecule has 0 saturated heterocycles. The fraction of sp³-hybridized carbons (Fsp3) is 0.379. The minimum atomic E-state index is -0.678. The molecule has 0 radical (unpaired) electrons. The van der Waals surface area contributed by atoms with Crippen molar-refractivity contribution in [3.63, 3.8) is 0 Å². The number of allylic oxidation sites excluding steroid dienone is 3. The molecule has 0 amide bonds. The van der Waals surface area contributed by atoms with Gasteiger partial charge in [0.05, 0.1) is 19.3 Å². The third-order valence-corrected chi connectivity index (χ3v) is 7.31. The first kappa shape index (κ1) is 25.2. The number of carbonyl (C=O) groups is 2. The number of Topliss-reactive ketones (excluding diaryl/α,β-unsaturated/α-hetero) is 1. The van der Waals surface area contributed by atoms with Crippen LogP contribution in [0.5, 0.6) is 17.2 Å². The van der Waals surface area contributed by atoms with Crippen LogP contribution in [-0.4, -0.2) is 32.3 Å². The normalized spacial score (nSPS) is 20.6. The largest absolute Gasteiger partial charge is 0.497 e. The van der Waals surface area contributed by atoms with Crippen molar-refractivity contribution >= 4 is 23.4 Å². The summed E-state index contributed by atoms with van der Waals surface area (Å²) in [5.41, 5.74) is 4.06. The number of hydrogen-bond donors (Lipinski definition) is 1. The van der Waals surface area contributed by atoms with Crippen LogP contribution in [0.1, 0.15) is 56.6 Å². The van der Waals surface area contributed by atoms with E-state index in [1.165, 1.54) is 0 Å². The molecule has 1 N–H and O–H groups in total. The molecule has 0 spiro atoms. The Labute approximate surface area is 221 Å². The highest BCUT2D eigenvalue weighted by Gasteiger charge is 2.42. The fourth-order valence-electron chi connectivity index (χ4n) is 5.21. The van der Waals surface area contributed by atoms with E-state index in [1.807, 2.05) is 45.0 Å². The standard InChI is InChI=1S/C29H30ClNO6/c1-15(2)13-35-29(33)26-16(3)31-22-9-18(17-5-7-19(34-4)8-6-17)10-23(32)28(22)27(26)20-11-24-25(12-21(20)30)37-14-36-24/h5-8,11-12,15,18,27,31H,9-10,13-14H2,1-4H3/t18-,27+/m1/s1. The highest BCUT2D eigenvalue weighted by molar-refractivity contribution is 6.32. The van der Waals surface area contributed by atoms with Gasteiger partial charge in [-0.05, 0) is 54.5 Å². The smallest absolute Gasteiger partial charge is 0.336 e. The molecule has 2 aromatic carbocycles. The summed E-state index contributed by atoms with van der Waals surface area (Å²) in [6.07, 6.45) is 0.941. The molecule has 5 rings (SSSR count). The van der Waals surface area contributed by atoms with Gasteiger partial charge in [0.2, 0.25) is 6.79 Å². The average molecular weight is 524 g/mol. The lowest BCUT2D eigenvalue weighted by molar-refractivity contribution is -0.140. The topological polar surface area (TPSA) is 83.1 Å². The Morgan fingerprint density at radius 3 is 2.51 bits per heavy atom. The number of benzene rings is 2. The van der Waals surface area contributed by atoms with Crippen LogP contribution in [-0.2, 0) is 14.3 Å². The number of rotatable bonds is 6. The lowest BCUT2D eigenvalue weighted by atomic mass is 9.71. The number of methoxy groups -OCH3 is 1. The second kappa shape index (κ2) is 10.1. The van der Waals surface area contributed by atoms with Crippen LogP contribution in [0.4, 0.5) is 0 Å². The number of carbonyl (C=O) groups excluding carboxylic acids is 2. The highest BCUT2D eigenvalue weighted by Crippen LogP contribution is 2.49. The Hall–Kier alpha value is -3.45. The van der Waals surface area contributed by atoms with E-state index in [-0.39, 0.29) is 31.0 Å². The molecule has 0 saturated carbocycles. The van der Waals surface area contributed by atoms with Crippen LogP contribution in [0.25, 0.3) is 0 Å². The first-order chi connectivity index (χ1) is 17.8. The highest BCUT2D eigenvalue weighted by atomic mass is 35.5. The van der Waals surface area contributed by atoms with Crippen LogP contribution in [0.15, 0.2) is 58.9 Å². The van der Waals surface area contributed by atoms with Crippen molar-refractivity contribution in [3.05, 3.63) is 75.1 Å². The number of esters is 1. The van der Waals surface area contributed by atoms with Crippen molar-refractivity contribution in [3.8, 4) is 17.2 Å². The van der Waals surface area contributed by atoms with E-state index in [0.717, 1.165) is 17.0 Å². The Kier molecular flexibility index (Phi) is 6.90. The molecule has 0 bridgehead atoms. The molecule has 0 unspecified atom stereocenters. The summed E-state index contributed by atoms with van der Waals surface area (Å²) >= 11 is 6.74. The van der Waals surface area contributed by atoms with Crippen LogP contribution >= 0.6 is 11.6 Å². The molecule has 2 aliphatic heterocycles. The molecular formula is C29H30ClNO6. The van der Waals surface area contributed by atoms with E-state index in [1.54, 1.807) is 19.2 Å². The molecule has 0 fully saturated rings. The van der Waals surface area contributed by atoms with Crippen molar-refractivity contribution < 1.29 is 28.5 Å². The second-order valence-electron chi connectivity index (χ2n) is 10.0. The SMILES string of the molecule is COc1ccc([C@H]2CC(=O)C3=C(C2)NC(C)=C(C(=O)OCC(C)C)[C@@H]3c2cc3c(cc2Cl)OCO3)cc1. The van der Waals surface area contributed by atoms with Crippen molar-refractivity contribution in [2.45, 2.75) is 45.4 Å². The van der Waals surface area contributed by atoms with Gasteiger partial charge >= 0.3 is 5.97 Å². The van der Waals surface area contributed by atoms with Crippen LogP contribution < -0.4 is 19.5 Å². The maximum atomic E-state index is 13.8. The third-order valence-electron chi connectivity index (χ3n) is 6.99. The van der Waals surface area contributed by atoms with E-state index in [2.05, 4.69) is 5.32 Å². The van der Waals surface area contributed by atoms with Gasteiger partial charge in [-0.25, -0.2) is 4.79 Å². The molecule has 0 aromatic heterocycles. The quantitative estimate of drug-likeness (QED) is 0.491. The predicted molar refractivity (Wildman–Crippen MR) is 139 cm³/mol. The first-order valence-electron chi connectivity index (χ1n) is 12.4. The van der Waals surface area contributed by atoms with Gasteiger partial charge in [0, 0.05) is 40.4 Å². The fourth-order valence-corrected chi connectivity index (χ4v) is 5.47. The molecule has 1 aliphatic carbocycles. The molecule has 8 heteroatoms. The maximum absolute atomic E-state index is 13.8. The summed E-state index contributed by atoms with van der Waals surface area (Å²) < 4.78 is 22.0. The van der Waals surface area contributed by atoms with E-state index < -0.39 is 11.9 Å². The Morgan fingerprint density at radius 1 is 1.14 bits per heavy atom. The van der Waals surface area contributed by atoms with Gasteiger partial charge in [-0.2, -0.15) is 0 Å². The van der Waals surface area contributed by atoms with E-state index in [4.69, 9.17) is 30.5 Å². The average Bonchev–Trinajstić information content (AvgIpc) is 3.33. The lowest BCUT2D eigenvalue weighted by Crippen LogP contribution is -2.36. The first-order valence-corrected chi connectivity index (χ1v) is 12.8. The molecule has 7 nitrogen and oxygen atoms in total. The molecule has 3 aliphatic rings. The summed E-state index contributed by atoms with van der Waals surface area (Å²) in [4.78, 5) is 27.2. The number of fused-ring (bicyclic) bond motifs is 1. The number of halogens is 1. The van der Waals surface area contributed by atoms with Gasteiger partial charge in [0.15, 0.2) is 17.3 Å². The van der Waals surface area contributed by atoms with Gasteiger partial charge in [-0.3, -0.25) is 4.79 Å². The molecular weight excluding hydrogens is 494 g/mol. The van der Waals surface area contributed by atoms with Gasteiger partial charge in [-0.15, -0.1) is 0 Å². The van der Waals surface area contributed by atoms with E-state index >= 15 is 0 Å². The predicted octanol–water partition coefficient (Wildman–Crippen LogP) is 5.64. The van der Waals surface area contributed by atoms with Crippen molar-refractivity contribution in [1.82, 2.24) is 5.32 Å². The lowest BCUT2D eigenvalue weighted by Gasteiger charge is -2.37. The molecule has 2 heterocycles. The summed E-state index contributed by atoms with van der Waals surface area (Å²) in [7, 11) is 1.63. The zero-order chi connectivity index (χ0) is 26.3. The van der Waals surface area contributed by atoms with E-state index in [0.29, 0.717) is 51.8 Å². The monoisotopic (exact) mass is 523 g/mol. The summed E-state index contributed by atoms with van der Waals surface area (Å²) in [5.74, 6) is 0.835. The van der Waals surface area contributed by atoms with E-state index in [9.17, 15) is 9.59 Å². The van der Waals surface area contributed by atoms with Gasteiger partial charge < -0.3 is 24.3 Å². The molecule has 2 atom stereocenters. The Balaban J connectivity index is 1.58. The minimum absolute atomic E-state index is 0.000209. The zero-order valence-corrected chi connectivity index (χ0v) is 22.1. The number of nitrogens with one attached hydrogen (secondary N) is 1. The third kappa shape index (κ3) is 4.80. The van der Waals surface area contributed by atoms with Gasteiger partial charge in [-0.1, -0.05) is 37.6 Å². The van der Waals surface area contributed by atoms with Gasteiger partial charge in [0.25, 0.3) is 0 Å². The number of ether oxygens (including phenoxy) is 4. The molecule has 37 heavy (non-hydrogen) atoms. The van der Waals surface area contributed by atoms with Crippen LogP contribution in [0.3, 0.4) is 0 Å². The zero-order valence-electron chi connectivity index (χ0n) is 21.4. The maximum Gasteiger partial charge on any atom is 0.336 e. The summed E-state index contributed by atoms with van der Waals surface area (Å²) in [6.45, 7) is 6.16. The molecule has 194 valence electrons. The van der Waals surface area contributed by atoms with Crippen LogP contribution in [0.2, 0.25) is 5.02 Å². The summed E-state index contributed by atoms with van der Waals surface area (Å²) in [6, 6.07) is 11.3. The minimum Gasteiger partial charge on any atom is -0.497 e. The number of dihydropyridines is 1.